The van der Waals surface area contributed by atoms with Gasteiger partial charge < -0.3 is 9.88 Å². The van der Waals surface area contributed by atoms with Crippen LogP contribution in [-0.4, -0.2) is 22.0 Å². The maximum Gasteiger partial charge on any atom is 0.251 e. The van der Waals surface area contributed by atoms with Crippen molar-refractivity contribution >= 4 is 16.9 Å². The first-order valence-corrected chi connectivity index (χ1v) is 11.4. The Morgan fingerprint density at radius 2 is 1.90 bits per heavy atom. The number of rotatable bonds is 7. The predicted molar refractivity (Wildman–Crippen MR) is 123 cm³/mol. The summed E-state index contributed by atoms with van der Waals surface area (Å²) >= 11 is 0. The number of para-hydroxylation sites is 2. The van der Waals surface area contributed by atoms with E-state index < -0.39 is 0 Å². The number of hydrogen-bond acceptors (Lipinski definition) is 2. The Balaban J connectivity index is 1.43. The average Bonchev–Trinajstić information content (AvgIpc) is 3.10. The molecule has 2 aromatic carbocycles. The fraction of sp³-hybridized carbons (Fsp3) is 0.462. The fourth-order valence-corrected chi connectivity index (χ4v) is 4.80. The highest BCUT2D eigenvalue weighted by Gasteiger charge is 2.16. The van der Waals surface area contributed by atoms with Gasteiger partial charge in [0.25, 0.3) is 5.91 Å². The van der Waals surface area contributed by atoms with Crippen molar-refractivity contribution in [3.63, 3.8) is 0 Å². The molecule has 158 valence electrons. The van der Waals surface area contributed by atoms with E-state index in [1.54, 1.807) is 0 Å². The number of aryl methyl sites for hydroxylation is 3. The van der Waals surface area contributed by atoms with Crippen LogP contribution >= 0.6 is 0 Å². The van der Waals surface area contributed by atoms with E-state index in [-0.39, 0.29) is 5.91 Å². The molecule has 1 aliphatic rings. The van der Waals surface area contributed by atoms with Gasteiger partial charge in [0.05, 0.1) is 11.0 Å². The number of carbonyl (C=O) groups excluding carboxylic acids is 1. The van der Waals surface area contributed by atoms with Crippen LogP contribution in [0.4, 0.5) is 0 Å². The third kappa shape index (κ3) is 4.75. The smallest absolute Gasteiger partial charge is 0.251 e. The molecule has 4 nitrogen and oxygen atoms in total. The first-order valence-electron chi connectivity index (χ1n) is 11.4. The molecule has 0 aliphatic heterocycles. The lowest BCUT2D eigenvalue weighted by molar-refractivity contribution is 0.0953. The number of amides is 1. The van der Waals surface area contributed by atoms with Gasteiger partial charge in [-0.25, -0.2) is 4.98 Å². The van der Waals surface area contributed by atoms with Gasteiger partial charge >= 0.3 is 0 Å². The lowest BCUT2D eigenvalue weighted by atomic mass is 9.87. The minimum Gasteiger partial charge on any atom is -0.352 e. The van der Waals surface area contributed by atoms with Crippen molar-refractivity contribution in [3.05, 3.63) is 65.0 Å². The van der Waals surface area contributed by atoms with Gasteiger partial charge in [-0.2, -0.15) is 0 Å². The molecule has 3 aromatic rings. The molecule has 0 atom stereocenters. The molecule has 30 heavy (non-hydrogen) atoms. The van der Waals surface area contributed by atoms with Gasteiger partial charge in [-0.05, 0) is 49.9 Å². The molecule has 0 bridgehead atoms. The van der Waals surface area contributed by atoms with E-state index in [1.165, 1.54) is 49.6 Å². The third-order valence-electron chi connectivity index (χ3n) is 6.48. The highest BCUT2D eigenvalue weighted by molar-refractivity contribution is 5.95. The number of carbonyl (C=O) groups is 1. The highest BCUT2D eigenvalue weighted by atomic mass is 16.1. The monoisotopic (exact) mass is 403 g/mol. The molecule has 0 radical (unpaired) electrons. The van der Waals surface area contributed by atoms with Crippen LogP contribution in [0.15, 0.2) is 42.5 Å². The summed E-state index contributed by atoms with van der Waals surface area (Å²) < 4.78 is 2.38. The number of benzene rings is 2. The van der Waals surface area contributed by atoms with Gasteiger partial charge in [0.2, 0.25) is 0 Å². The van der Waals surface area contributed by atoms with Crippen LogP contribution in [-0.2, 0) is 13.0 Å². The summed E-state index contributed by atoms with van der Waals surface area (Å²) in [6, 6.07) is 14.4. The minimum atomic E-state index is -0.00244. The highest BCUT2D eigenvalue weighted by Crippen LogP contribution is 2.28. The van der Waals surface area contributed by atoms with Crippen LogP contribution in [0.1, 0.15) is 65.8 Å². The van der Waals surface area contributed by atoms with Gasteiger partial charge in [0.1, 0.15) is 5.82 Å². The second-order valence-corrected chi connectivity index (χ2v) is 8.79. The molecule has 1 amide bonds. The molecule has 1 saturated carbocycles. The summed E-state index contributed by atoms with van der Waals surface area (Å²) in [7, 11) is 0. The van der Waals surface area contributed by atoms with Crippen molar-refractivity contribution in [3.8, 4) is 0 Å². The Morgan fingerprint density at radius 3 is 2.70 bits per heavy atom. The third-order valence-corrected chi connectivity index (χ3v) is 6.48. The first kappa shape index (κ1) is 20.6. The van der Waals surface area contributed by atoms with E-state index in [0.29, 0.717) is 6.54 Å². The molecule has 1 aromatic heterocycles. The summed E-state index contributed by atoms with van der Waals surface area (Å²) in [5, 5.41) is 3.09. The van der Waals surface area contributed by atoms with Gasteiger partial charge in [-0.15, -0.1) is 0 Å². The Kier molecular flexibility index (Phi) is 6.51. The molecular weight excluding hydrogens is 370 g/mol. The minimum absolute atomic E-state index is 0.00244. The number of imidazole rings is 1. The zero-order valence-corrected chi connectivity index (χ0v) is 18.3. The molecule has 0 saturated heterocycles. The van der Waals surface area contributed by atoms with E-state index in [4.69, 9.17) is 4.98 Å². The Labute approximate surface area is 179 Å². The number of nitrogens with zero attached hydrogens (tertiary/aromatic N) is 2. The molecule has 1 N–H and O–H groups in total. The van der Waals surface area contributed by atoms with Crippen LogP contribution < -0.4 is 5.32 Å². The van der Waals surface area contributed by atoms with Crippen molar-refractivity contribution in [2.24, 2.45) is 5.92 Å². The summed E-state index contributed by atoms with van der Waals surface area (Å²) in [5.74, 6) is 1.92. The van der Waals surface area contributed by atoms with Gasteiger partial charge in [0, 0.05) is 25.1 Å². The topological polar surface area (TPSA) is 46.9 Å². The first-order chi connectivity index (χ1) is 14.6. The van der Waals surface area contributed by atoms with Crippen LogP contribution in [0.5, 0.6) is 0 Å². The Bertz CT molecular complexity index is 1010. The summed E-state index contributed by atoms with van der Waals surface area (Å²) in [6.45, 7) is 5.66. The average molecular weight is 404 g/mol. The zero-order chi connectivity index (χ0) is 20.9. The van der Waals surface area contributed by atoms with E-state index in [1.807, 2.05) is 32.0 Å². The SMILES string of the molecule is Cc1ccc(C(=O)NCCc2nc3ccccc3n2CCC2CCCCC2)c(C)c1. The van der Waals surface area contributed by atoms with Crippen molar-refractivity contribution < 1.29 is 4.79 Å². The number of nitrogens with one attached hydrogen (secondary N) is 1. The Morgan fingerprint density at radius 1 is 1.10 bits per heavy atom. The van der Waals surface area contributed by atoms with Gasteiger partial charge in [0.15, 0.2) is 0 Å². The summed E-state index contributed by atoms with van der Waals surface area (Å²) in [5.41, 5.74) is 5.22. The van der Waals surface area contributed by atoms with E-state index >= 15 is 0 Å². The second kappa shape index (κ2) is 9.46. The molecule has 4 rings (SSSR count). The molecule has 1 aliphatic carbocycles. The van der Waals surface area contributed by atoms with Crippen molar-refractivity contribution in [2.45, 2.75) is 65.3 Å². The maximum atomic E-state index is 12.6. The molecule has 4 heteroatoms. The van der Waals surface area contributed by atoms with Crippen LogP contribution in [0.2, 0.25) is 0 Å². The number of hydrogen-bond donors (Lipinski definition) is 1. The van der Waals surface area contributed by atoms with Gasteiger partial charge in [-0.1, -0.05) is 61.9 Å². The van der Waals surface area contributed by atoms with E-state index in [2.05, 4.69) is 34.1 Å². The lowest BCUT2D eigenvalue weighted by Crippen LogP contribution is -2.27. The summed E-state index contributed by atoms with van der Waals surface area (Å²) in [4.78, 5) is 17.5. The van der Waals surface area contributed by atoms with Crippen molar-refractivity contribution in [2.75, 3.05) is 6.54 Å². The Hall–Kier alpha value is -2.62. The maximum absolute atomic E-state index is 12.6. The predicted octanol–water partition coefficient (Wildman–Crippen LogP) is 5.60. The van der Waals surface area contributed by atoms with Crippen LogP contribution in [0, 0.1) is 19.8 Å². The normalized spacial score (nSPS) is 14.9. The molecule has 0 unspecified atom stereocenters. The lowest BCUT2D eigenvalue weighted by Gasteiger charge is -2.22. The van der Waals surface area contributed by atoms with E-state index in [9.17, 15) is 4.79 Å². The largest absolute Gasteiger partial charge is 0.352 e. The van der Waals surface area contributed by atoms with E-state index in [0.717, 1.165) is 41.4 Å². The van der Waals surface area contributed by atoms with Crippen LogP contribution in [0.25, 0.3) is 11.0 Å². The zero-order valence-electron chi connectivity index (χ0n) is 18.3. The quantitative estimate of drug-likeness (QED) is 0.558. The van der Waals surface area contributed by atoms with Crippen LogP contribution in [0.3, 0.4) is 0 Å². The van der Waals surface area contributed by atoms with Crippen molar-refractivity contribution in [1.29, 1.82) is 0 Å². The fourth-order valence-electron chi connectivity index (χ4n) is 4.80. The molecule has 0 spiro atoms. The number of aromatic nitrogens is 2. The molecule has 1 fully saturated rings. The van der Waals surface area contributed by atoms with Crippen molar-refractivity contribution in [1.82, 2.24) is 14.9 Å². The summed E-state index contributed by atoms with van der Waals surface area (Å²) in [6.07, 6.45) is 8.87. The standard InChI is InChI=1S/C26H33N3O/c1-19-12-13-22(20(2)18-19)26(30)27-16-14-25-28-23-10-6-7-11-24(23)29(25)17-15-21-8-4-3-5-9-21/h6-7,10-13,18,21H,3-5,8-9,14-17H2,1-2H3,(H,27,30). The second-order valence-electron chi connectivity index (χ2n) is 8.79. The van der Waals surface area contributed by atoms with Gasteiger partial charge in [-0.3, -0.25) is 4.79 Å². The number of fused-ring (bicyclic) bond motifs is 1. The molecule has 1 heterocycles. The molecular formula is C26H33N3O.